The number of halogens is 1. The molecule has 4 heterocycles. The number of hydrogen-bond acceptors (Lipinski definition) is 5. The summed E-state index contributed by atoms with van der Waals surface area (Å²) in [6.45, 7) is 1.22. The average molecular weight is 402 g/mol. The van der Waals surface area contributed by atoms with Gasteiger partial charge in [-0.15, -0.1) is 0 Å². The molecule has 1 N–H and O–H groups in total. The van der Waals surface area contributed by atoms with E-state index in [4.69, 9.17) is 0 Å². The van der Waals surface area contributed by atoms with Gasteiger partial charge in [0.15, 0.2) is 5.65 Å². The number of likely N-dealkylation sites (tertiary alicyclic amines) is 1. The summed E-state index contributed by atoms with van der Waals surface area (Å²) in [5.74, 6) is 0.512. The highest BCUT2D eigenvalue weighted by atomic mass is 19.1. The molecule has 3 aromatic heterocycles. The zero-order valence-electron chi connectivity index (χ0n) is 16.1. The van der Waals surface area contributed by atoms with Gasteiger partial charge in [0.2, 0.25) is 0 Å². The first-order valence-electron chi connectivity index (χ1n) is 9.86. The number of nitrogens with zero attached hydrogens (tertiary/aromatic N) is 5. The number of nitrogens with one attached hydrogen (secondary N) is 1. The van der Waals surface area contributed by atoms with Gasteiger partial charge in [0.05, 0.1) is 17.5 Å². The summed E-state index contributed by atoms with van der Waals surface area (Å²) in [6, 6.07) is 11.7. The molecule has 1 fully saturated rings. The summed E-state index contributed by atoms with van der Waals surface area (Å²) in [7, 11) is 0. The Labute approximate surface area is 172 Å². The third-order valence-corrected chi connectivity index (χ3v) is 5.44. The number of benzene rings is 1. The molecule has 1 aliphatic heterocycles. The van der Waals surface area contributed by atoms with Crippen LogP contribution < -0.4 is 0 Å². The highest BCUT2D eigenvalue weighted by Gasteiger charge is 2.27. The number of carbonyl (C=O) groups excluding carboxylic acids is 1. The lowest BCUT2D eigenvalue weighted by molar-refractivity contribution is 0.0705. The molecule has 5 rings (SSSR count). The SMILES string of the molecule is O=C(c1ccc2[nH]cnc2n1)N1CCC(c2nccc(-c3cccc(F)c3)n2)CC1. The van der Waals surface area contributed by atoms with Crippen molar-refractivity contribution in [3.05, 3.63) is 72.3 Å². The highest BCUT2D eigenvalue weighted by molar-refractivity contribution is 5.94. The monoisotopic (exact) mass is 402 g/mol. The van der Waals surface area contributed by atoms with E-state index in [0.29, 0.717) is 30.1 Å². The number of rotatable bonds is 3. The predicted octanol–water partition coefficient (Wildman–Crippen LogP) is 3.57. The second-order valence-corrected chi connectivity index (χ2v) is 7.35. The number of H-pyrrole nitrogens is 1. The second-order valence-electron chi connectivity index (χ2n) is 7.35. The van der Waals surface area contributed by atoms with E-state index in [2.05, 4.69) is 24.9 Å². The molecule has 0 unspecified atom stereocenters. The van der Waals surface area contributed by atoms with Crippen LogP contribution in [0.4, 0.5) is 4.39 Å². The Kier molecular flexibility index (Phi) is 4.66. The fraction of sp³-hybridized carbons (Fsp3) is 0.227. The van der Waals surface area contributed by atoms with Gasteiger partial charge in [-0.3, -0.25) is 4.79 Å². The Morgan fingerprint density at radius 1 is 1.07 bits per heavy atom. The van der Waals surface area contributed by atoms with Crippen LogP contribution in [0.3, 0.4) is 0 Å². The van der Waals surface area contributed by atoms with E-state index in [-0.39, 0.29) is 17.6 Å². The Morgan fingerprint density at radius 2 is 1.93 bits per heavy atom. The minimum Gasteiger partial charge on any atom is -0.343 e. The Balaban J connectivity index is 1.29. The number of amides is 1. The number of piperidine rings is 1. The maximum atomic E-state index is 13.5. The van der Waals surface area contributed by atoms with Crippen LogP contribution in [-0.4, -0.2) is 48.8 Å². The van der Waals surface area contributed by atoms with E-state index in [1.165, 1.54) is 12.1 Å². The molecule has 4 aromatic rings. The van der Waals surface area contributed by atoms with Gasteiger partial charge in [0, 0.05) is 30.8 Å². The van der Waals surface area contributed by atoms with Gasteiger partial charge in [0.25, 0.3) is 5.91 Å². The Morgan fingerprint density at radius 3 is 2.77 bits per heavy atom. The van der Waals surface area contributed by atoms with Gasteiger partial charge in [-0.25, -0.2) is 24.3 Å². The first kappa shape index (κ1) is 18.4. The molecule has 150 valence electrons. The third kappa shape index (κ3) is 3.52. The minimum atomic E-state index is -0.291. The molecular formula is C22H19FN6O. The largest absolute Gasteiger partial charge is 0.343 e. The fourth-order valence-corrected chi connectivity index (χ4v) is 3.82. The van der Waals surface area contributed by atoms with Crippen LogP contribution >= 0.6 is 0 Å². The number of carbonyl (C=O) groups is 1. The van der Waals surface area contributed by atoms with E-state index in [1.807, 2.05) is 17.0 Å². The molecule has 30 heavy (non-hydrogen) atoms. The summed E-state index contributed by atoms with van der Waals surface area (Å²) in [5.41, 5.74) is 3.18. The van der Waals surface area contributed by atoms with Crippen LogP contribution in [0.1, 0.15) is 35.1 Å². The van der Waals surface area contributed by atoms with Gasteiger partial charge >= 0.3 is 0 Å². The Hall–Kier alpha value is -3.68. The normalized spacial score (nSPS) is 14.9. The zero-order valence-corrected chi connectivity index (χ0v) is 16.1. The molecule has 1 amide bonds. The molecule has 7 nitrogen and oxygen atoms in total. The molecule has 0 bridgehead atoms. The highest BCUT2D eigenvalue weighted by Crippen LogP contribution is 2.28. The predicted molar refractivity (Wildman–Crippen MR) is 109 cm³/mol. The molecule has 0 aliphatic carbocycles. The minimum absolute atomic E-state index is 0.0900. The van der Waals surface area contributed by atoms with Crippen molar-refractivity contribution < 1.29 is 9.18 Å². The van der Waals surface area contributed by atoms with Crippen molar-refractivity contribution in [2.45, 2.75) is 18.8 Å². The van der Waals surface area contributed by atoms with Crippen molar-refractivity contribution in [3.8, 4) is 11.3 Å². The molecule has 0 atom stereocenters. The van der Waals surface area contributed by atoms with Gasteiger partial charge in [0.1, 0.15) is 17.3 Å². The van der Waals surface area contributed by atoms with E-state index < -0.39 is 0 Å². The quantitative estimate of drug-likeness (QED) is 0.566. The lowest BCUT2D eigenvalue weighted by atomic mass is 9.95. The maximum Gasteiger partial charge on any atom is 0.272 e. The first-order chi connectivity index (χ1) is 14.7. The summed E-state index contributed by atoms with van der Waals surface area (Å²) in [6.07, 6.45) is 4.81. The fourth-order valence-electron chi connectivity index (χ4n) is 3.82. The lowest BCUT2D eigenvalue weighted by Crippen LogP contribution is -2.38. The number of pyridine rings is 1. The molecule has 1 aromatic carbocycles. The summed E-state index contributed by atoms with van der Waals surface area (Å²) < 4.78 is 13.5. The van der Waals surface area contributed by atoms with E-state index in [0.717, 1.165) is 29.7 Å². The van der Waals surface area contributed by atoms with Gasteiger partial charge in [-0.05, 0) is 43.2 Å². The topological polar surface area (TPSA) is 87.7 Å². The molecule has 1 saturated heterocycles. The van der Waals surface area contributed by atoms with Crippen LogP contribution in [0, 0.1) is 5.82 Å². The van der Waals surface area contributed by atoms with Crippen molar-refractivity contribution in [2.24, 2.45) is 0 Å². The summed E-state index contributed by atoms with van der Waals surface area (Å²) in [4.78, 5) is 35.2. The number of imidazole rings is 1. The number of fused-ring (bicyclic) bond motifs is 1. The van der Waals surface area contributed by atoms with E-state index >= 15 is 0 Å². The van der Waals surface area contributed by atoms with Crippen LogP contribution in [-0.2, 0) is 0 Å². The maximum absolute atomic E-state index is 13.5. The first-order valence-corrected chi connectivity index (χ1v) is 9.86. The summed E-state index contributed by atoms with van der Waals surface area (Å²) in [5, 5.41) is 0. The molecule has 0 spiro atoms. The van der Waals surface area contributed by atoms with Crippen LogP contribution in [0.2, 0.25) is 0 Å². The second kappa shape index (κ2) is 7.62. The van der Waals surface area contributed by atoms with Crippen molar-refractivity contribution >= 4 is 17.1 Å². The van der Waals surface area contributed by atoms with Gasteiger partial charge in [-0.2, -0.15) is 0 Å². The third-order valence-electron chi connectivity index (χ3n) is 5.44. The standard InChI is InChI=1S/C22H19FN6O/c23-16-3-1-2-15(12-16)17-6-9-24-20(27-17)14-7-10-29(11-8-14)22(30)19-5-4-18-21(28-19)26-13-25-18/h1-6,9,12-14H,7-8,10-11H2,(H,25,26,28). The van der Waals surface area contributed by atoms with Crippen LogP contribution in [0.25, 0.3) is 22.4 Å². The van der Waals surface area contributed by atoms with Crippen molar-refractivity contribution in [1.82, 2.24) is 29.8 Å². The number of aromatic nitrogens is 5. The van der Waals surface area contributed by atoms with Crippen molar-refractivity contribution in [2.75, 3.05) is 13.1 Å². The molecule has 1 aliphatic rings. The smallest absolute Gasteiger partial charge is 0.272 e. The average Bonchev–Trinajstić information content (AvgIpc) is 3.27. The van der Waals surface area contributed by atoms with Gasteiger partial charge < -0.3 is 9.88 Å². The zero-order chi connectivity index (χ0) is 20.5. The molecule has 0 radical (unpaired) electrons. The van der Waals surface area contributed by atoms with E-state index in [1.54, 1.807) is 30.7 Å². The van der Waals surface area contributed by atoms with Crippen molar-refractivity contribution in [1.29, 1.82) is 0 Å². The number of hydrogen-bond donors (Lipinski definition) is 1. The summed E-state index contributed by atoms with van der Waals surface area (Å²) >= 11 is 0. The molecule has 8 heteroatoms. The van der Waals surface area contributed by atoms with Crippen molar-refractivity contribution in [3.63, 3.8) is 0 Å². The van der Waals surface area contributed by atoms with Crippen LogP contribution in [0.5, 0.6) is 0 Å². The molecular weight excluding hydrogens is 383 g/mol. The van der Waals surface area contributed by atoms with E-state index in [9.17, 15) is 9.18 Å². The molecule has 0 saturated carbocycles. The Bertz CT molecular complexity index is 1210. The lowest BCUT2D eigenvalue weighted by Gasteiger charge is -2.31. The number of aromatic amines is 1. The van der Waals surface area contributed by atoms with Crippen LogP contribution in [0.15, 0.2) is 55.0 Å². The van der Waals surface area contributed by atoms with Gasteiger partial charge in [-0.1, -0.05) is 12.1 Å².